The van der Waals surface area contributed by atoms with Gasteiger partial charge in [0.25, 0.3) is 0 Å². The van der Waals surface area contributed by atoms with Gasteiger partial charge in [-0.25, -0.2) is 9.78 Å². The molecule has 6 nitrogen and oxygen atoms in total. The van der Waals surface area contributed by atoms with E-state index in [4.69, 9.17) is 9.47 Å². The summed E-state index contributed by atoms with van der Waals surface area (Å²) in [6.45, 7) is 6.95. The molecule has 2 heterocycles. The molecule has 1 aromatic heterocycles. The van der Waals surface area contributed by atoms with Gasteiger partial charge in [0, 0.05) is 11.0 Å². The molecule has 2 aromatic rings. The lowest BCUT2D eigenvalue weighted by Gasteiger charge is -2.35. The maximum Gasteiger partial charge on any atom is 0.411 e. The molecule has 1 aromatic carbocycles. The number of nitrogens with zero attached hydrogens (tertiary/aromatic N) is 2. The van der Waals surface area contributed by atoms with Crippen molar-refractivity contribution < 1.29 is 14.3 Å². The number of morpholine rings is 1. The number of carbonyl (C=O) groups is 1. The third kappa shape index (κ3) is 4.41. The minimum atomic E-state index is -0.536. The van der Waals surface area contributed by atoms with Crippen LogP contribution in [-0.4, -0.2) is 46.3 Å². The van der Waals surface area contributed by atoms with E-state index < -0.39 is 5.60 Å². The molecule has 134 valence electrons. The molecule has 1 aliphatic heterocycles. The third-order valence-corrected chi connectivity index (χ3v) is 4.35. The van der Waals surface area contributed by atoms with Gasteiger partial charge in [0.15, 0.2) is 0 Å². The topological polar surface area (TPSA) is 67.4 Å². The average Bonchev–Trinajstić information content (AvgIpc) is 3.04. The van der Waals surface area contributed by atoms with Gasteiger partial charge in [0.1, 0.15) is 17.5 Å². The lowest BCUT2D eigenvalue weighted by molar-refractivity contribution is -0.0349. The van der Waals surface area contributed by atoms with Crippen LogP contribution in [0.5, 0.6) is 0 Å². The van der Waals surface area contributed by atoms with Gasteiger partial charge in [-0.3, -0.25) is 4.90 Å². The highest BCUT2D eigenvalue weighted by atomic mass is 79.9. The highest BCUT2D eigenvalue weighted by Crippen LogP contribution is 2.27. The van der Waals surface area contributed by atoms with Crippen molar-refractivity contribution in [1.29, 1.82) is 0 Å². The van der Waals surface area contributed by atoms with Crippen molar-refractivity contribution in [1.82, 2.24) is 14.9 Å². The Morgan fingerprint density at radius 1 is 1.36 bits per heavy atom. The van der Waals surface area contributed by atoms with Crippen LogP contribution >= 0.6 is 15.9 Å². The molecule has 1 atom stereocenters. The first-order valence-electron chi connectivity index (χ1n) is 8.22. The number of hydrogen-bond donors (Lipinski definition) is 1. The van der Waals surface area contributed by atoms with Gasteiger partial charge in [-0.15, -0.1) is 0 Å². The second-order valence-corrected chi connectivity index (χ2v) is 7.87. The van der Waals surface area contributed by atoms with Crippen LogP contribution < -0.4 is 0 Å². The number of aromatic nitrogens is 2. The quantitative estimate of drug-likeness (QED) is 0.811. The van der Waals surface area contributed by atoms with Crippen molar-refractivity contribution in [2.45, 2.75) is 32.4 Å². The zero-order valence-electron chi connectivity index (χ0n) is 14.6. The maximum absolute atomic E-state index is 12.5. The Kier molecular flexibility index (Phi) is 5.15. The predicted molar refractivity (Wildman–Crippen MR) is 98.2 cm³/mol. The first-order valence-corrected chi connectivity index (χ1v) is 9.01. The fourth-order valence-corrected chi connectivity index (χ4v) is 2.92. The van der Waals surface area contributed by atoms with Crippen molar-refractivity contribution in [3.05, 3.63) is 40.8 Å². The molecule has 25 heavy (non-hydrogen) atoms. The van der Waals surface area contributed by atoms with Crippen molar-refractivity contribution in [2.75, 3.05) is 19.8 Å². The molecule has 1 unspecified atom stereocenters. The number of H-pyrrole nitrogens is 1. The Morgan fingerprint density at radius 2 is 2.08 bits per heavy atom. The number of hydrogen-bond acceptors (Lipinski definition) is 4. The molecule has 1 fully saturated rings. The van der Waals surface area contributed by atoms with Gasteiger partial charge in [-0.1, -0.05) is 28.1 Å². The molecule has 7 heteroatoms. The lowest BCUT2D eigenvalue weighted by atomic mass is 10.2. The molecule has 1 saturated heterocycles. The second kappa shape index (κ2) is 7.17. The smallest absolute Gasteiger partial charge is 0.411 e. The normalized spacial score (nSPS) is 18.2. The Balaban J connectivity index is 1.81. The van der Waals surface area contributed by atoms with E-state index in [-0.39, 0.29) is 12.1 Å². The zero-order chi connectivity index (χ0) is 18.0. The molecular formula is C18H22BrN3O3. The number of amides is 1. The first-order chi connectivity index (χ1) is 11.8. The lowest BCUT2D eigenvalue weighted by Crippen LogP contribution is -2.46. The van der Waals surface area contributed by atoms with Crippen LogP contribution in [0.25, 0.3) is 11.3 Å². The number of imidazole rings is 1. The molecule has 0 bridgehead atoms. The summed E-state index contributed by atoms with van der Waals surface area (Å²) in [4.78, 5) is 22.0. The van der Waals surface area contributed by atoms with E-state index in [0.717, 1.165) is 15.7 Å². The Morgan fingerprint density at radius 3 is 2.76 bits per heavy atom. The fourth-order valence-electron chi connectivity index (χ4n) is 2.65. The molecule has 0 saturated carbocycles. The Bertz CT molecular complexity index is 737. The molecular weight excluding hydrogens is 386 g/mol. The summed E-state index contributed by atoms with van der Waals surface area (Å²) in [5, 5.41) is 0. The summed E-state index contributed by atoms with van der Waals surface area (Å²) in [5.74, 6) is 0.698. The van der Waals surface area contributed by atoms with Crippen LogP contribution in [0.4, 0.5) is 4.79 Å². The van der Waals surface area contributed by atoms with Crippen molar-refractivity contribution >= 4 is 22.0 Å². The van der Waals surface area contributed by atoms with E-state index in [2.05, 4.69) is 25.9 Å². The minimum Gasteiger partial charge on any atom is -0.444 e. The number of benzene rings is 1. The van der Waals surface area contributed by atoms with E-state index in [9.17, 15) is 4.79 Å². The molecule has 3 rings (SSSR count). The van der Waals surface area contributed by atoms with Crippen molar-refractivity contribution in [3.8, 4) is 11.3 Å². The number of nitrogens with one attached hydrogen (secondary N) is 1. The molecule has 1 amide bonds. The molecule has 1 N–H and O–H groups in total. The number of ether oxygens (including phenoxy) is 2. The zero-order valence-corrected chi connectivity index (χ0v) is 16.2. The van der Waals surface area contributed by atoms with Gasteiger partial charge in [-0.05, 0) is 38.5 Å². The van der Waals surface area contributed by atoms with Crippen molar-refractivity contribution in [3.63, 3.8) is 0 Å². The summed E-state index contributed by atoms with van der Waals surface area (Å²) in [5.41, 5.74) is 1.39. The van der Waals surface area contributed by atoms with Crippen LogP contribution in [-0.2, 0) is 9.47 Å². The van der Waals surface area contributed by atoms with Gasteiger partial charge in [0.2, 0.25) is 0 Å². The Labute approximate surface area is 155 Å². The third-order valence-electron chi connectivity index (χ3n) is 3.82. The highest BCUT2D eigenvalue weighted by Gasteiger charge is 2.33. The largest absolute Gasteiger partial charge is 0.444 e. The van der Waals surface area contributed by atoms with Crippen LogP contribution in [0.3, 0.4) is 0 Å². The van der Waals surface area contributed by atoms with Crippen LogP contribution in [0, 0.1) is 0 Å². The van der Waals surface area contributed by atoms with Crippen LogP contribution in [0.15, 0.2) is 34.9 Å². The first kappa shape index (κ1) is 17.9. The number of carbonyl (C=O) groups excluding carboxylic acids is 1. The van der Waals surface area contributed by atoms with E-state index in [1.54, 1.807) is 11.1 Å². The second-order valence-electron chi connectivity index (χ2n) is 6.95. The van der Waals surface area contributed by atoms with Crippen LogP contribution in [0.1, 0.15) is 32.6 Å². The number of aromatic amines is 1. The SMILES string of the molecule is CC(C)(C)OC(=O)N1CCOCC1c1ncc(-c2ccc(Br)cc2)[nH]1. The number of rotatable bonds is 2. The van der Waals surface area contributed by atoms with Gasteiger partial charge in [0.05, 0.1) is 25.1 Å². The maximum atomic E-state index is 12.5. The van der Waals surface area contributed by atoms with E-state index >= 15 is 0 Å². The average molecular weight is 408 g/mol. The summed E-state index contributed by atoms with van der Waals surface area (Å²) < 4.78 is 12.1. The predicted octanol–water partition coefficient (Wildman–Crippen LogP) is 4.15. The summed E-state index contributed by atoms with van der Waals surface area (Å²) in [6.07, 6.45) is 1.43. The summed E-state index contributed by atoms with van der Waals surface area (Å²) in [7, 11) is 0. The van der Waals surface area contributed by atoms with Gasteiger partial charge >= 0.3 is 6.09 Å². The van der Waals surface area contributed by atoms with Crippen molar-refractivity contribution in [2.24, 2.45) is 0 Å². The van der Waals surface area contributed by atoms with E-state index in [1.807, 2.05) is 45.0 Å². The van der Waals surface area contributed by atoms with E-state index in [1.165, 1.54) is 0 Å². The minimum absolute atomic E-state index is 0.284. The standard InChI is InChI=1S/C18H22BrN3O3/c1-18(2,3)25-17(23)22-8-9-24-11-15(22)16-20-10-14(21-16)12-4-6-13(19)7-5-12/h4-7,10,15H,8-9,11H2,1-3H3,(H,20,21). The van der Waals surface area contributed by atoms with E-state index in [0.29, 0.717) is 25.6 Å². The molecule has 0 spiro atoms. The van der Waals surface area contributed by atoms with Crippen LogP contribution in [0.2, 0.25) is 0 Å². The fraction of sp³-hybridized carbons (Fsp3) is 0.444. The summed E-state index contributed by atoms with van der Waals surface area (Å²) in [6, 6.07) is 7.68. The highest BCUT2D eigenvalue weighted by molar-refractivity contribution is 9.10. The van der Waals surface area contributed by atoms with Gasteiger partial charge in [-0.2, -0.15) is 0 Å². The molecule has 0 aliphatic carbocycles. The monoisotopic (exact) mass is 407 g/mol. The molecule has 1 aliphatic rings. The summed E-state index contributed by atoms with van der Waals surface area (Å²) >= 11 is 3.43. The number of halogens is 1. The Hall–Kier alpha value is -1.86. The molecule has 0 radical (unpaired) electrons. The van der Waals surface area contributed by atoms with Gasteiger partial charge < -0.3 is 14.5 Å².